The lowest BCUT2D eigenvalue weighted by Crippen LogP contribution is -2.28. The lowest BCUT2D eigenvalue weighted by molar-refractivity contribution is -0.138. The third-order valence-corrected chi connectivity index (χ3v) is 9.49. The number of ether oxygens (including phenoxy) is 1. The number of benzene rings is 2. The molecule has 0 spiro atoms. The minimum Gasteiger partial charge on any atom is -0.478 e. The minimum absolute atomic E-state index is 0.0673. The van der Waals surface area contributed by atoms with Gasteiger partial charge in [-0.05, 0) is 80.2 Å². The monoisotopic (exact) mass is 742 g/mol. The van der Waals surface area contributed by atoms with Crippen LogP contribution < -0.4 is 4.90 Å². The van der Waals surface area contributed by atoms with E-state index < -0.39 is 35.5 Å². The van der Waals surface area contributed by atoms with Crippen LogP contribution >= 0.6 is 11.3 Å². The van der Waals surface area contributed by atoms with Gasteiger partial charge >= 0.3 is 18.2 Å². The normalized spacial score (nSPS) is 11.6. The molecule has 0 fully saturated rings. The van der Waals surface area contributed by atoms with E-state index in [0.717, 1.165) is 69.0 Å². The summed E-state index contributed by atoms with van der Waals surface area (Å²) in [5.74, 6) is -1.22. The van der Waals surface area contributed by atoms with Crippen molar-refractivity contribution in [1.29, 1.82) is 0 Å². The smallest absolute Gasteiger partial charge is 0.421 e. The number of hydrogen-bond donors (Lipinski definition) is 1. The molecule has 0 radical (unpaired) electrons. The van der Waals surface area contributed by atoms with Gasteiger partial charge in [0.25, 0.3) is 0 Å². The zero-order valence-corrected chi connectivity index (χ0v) is 30.7. The van der Waals surface area contributed by atoms with Crippen molar-refractivity contribution >= 4 is 34.2 Å². The van der Waals surface area contributed by atoms with Crippen LogP contribution in [0, 0.1) is 5.13 Å². The molecule has 1 N–H and O–H groups in total. The Kier molecular flexibility index (Phi) is 15.1. The number of aromatic nitrogens is 2. The average Bonchev–Trinajstić information content (AvgIpc) is 3.50. The Bertz CT molecular complexity index is 1760. The summed E-state index contributed by atoms with van der Waals surface area (Å²) in [6, 6.07) is 11.5. The van der Waals surface area contributed by atoms with Crippen LogP contribution in [0.3, 0.4) is 0 Å². The van der Waals surface area contributed by atoms with Crippen LogP contribution in [0.25, 0.3) is 11.3 Å². The van der Waals surface area contributed by atoms with E-state index in [1.54, 1.807) is 24.3 Å². The number of anilines is 2. The van der Waals surface area contributed by atoms with Crippen molar-refractivity contribution in [2.75, 3.05) is 18.0 Å². The third kappa shape index (κ3) is 10.8. The summed E-state index contributed by atoms with van der Waals surface area (Å²) in [5, 5.41) is 8.99. The van der Waals surface area contributed by atoms with Crippen molar-refractivity contribution in [3.05, 3.63) is 93.9 Å². The van der Waals surface area contributed by atoms with Gasteiger partial charge in [0.15, 0.2) is 0 Å². The first-order valence-electron chi connectivity index (χ1n) is 17.8. The zero-order chi connectivity index (χ0) is 37.7. The molecule has 0 atom stereocenters. The lowest BCUT2D eigenvalue weighted by atomic mass is 9.99. The Balaban J connectivity index is 1.73. The predicted molar refractivity (Wildman–Crippen MR) is 195 cm³/mol. The van der Waals surface area contributed by atoms with Crippen LogP contribution in [0.4, 0.5) is 33.2 Å². The van der Waals surface area contributed by atoms with Gasteiger partial charge in [0, 0.05) is 30.1 Å². The number of carboxylic acid groups (broad SMARTS) is 1. The quantitative estimate of drug-likeness (QED) is 0.0755. The minimum atomic E-state index is -4.74. The highest BCUT2D eigenvalue weighted by Crippen LogP contribution is 2.40. The van der Waals surface area contributed by atoms with Crippen LogP contribution in [-0.2, 0) is 30.5 Å². The number of carboxylic acids is 1. The van der Waals surface area contributed by atoms with Crippen LogP contribution in [-0.4, -0.2) is 45.1 Å². The molecule has 8 nitrogen and oxygen atoms in total. The van der Waals surface area contributed by atoms with Crippen LogP contribution in [0.15, 0.2) is 60.9 Å². The Labute approximate surface area is 306 Å². The van der Waals surface area contributed by atoms with Gasteiger partial charge in [0.05, 0.1) is 16.8 Å². The van der Waals surface area contributed by atoms with E-state index in [1.807, 2.05) is 13.8 Å². The number of aromatic carboxylic acids is 1. The van der Waals surface area contributed by atoms with Crippen molar-refractivity contribution in [2.45, 2.75) is 97.9 Å². The molecule has 0 unspecified atom stereocenters. The second-order valence-electron chi connectivity index (χ2n) is 12.6. The fraction of sp³-hybridized carbons (Fsp3) is 0.436. The topological polar surface area (TPSA) is 95.9 Å². The molecule has 0 saturated carbocycles. The summed E-state index contributed by atoms with van der Waals surface area (Å²) >= 11 is 0.471. The summed E-state index contributed by atoms with van der Waals surface area (Å²) in [6.45, 7) is 7.62. The number of hydrogen-bond acceptors (Lipinski definition) is 7. The van der Waals surface area contributed by atoms with Gasteiger partial charge in [0.2, 0.25) is 10.3 Å². The molecule has 2 aromatic heterocycles. The van der Waals surface area contributed by atoms with Crippen LogP contribution in [0.2, 0.25) is 0 Å². The fourth-order valence-corrected chi connectivity index (χ4v) is 6.97. The third-order valence-electron chi connectivity index (χ3n) is 8.66. The standard InChI is InChI=1S/C39H46F4N4O4S/c1-4-7-8-9-10-11-14-27-18-19-30(23-33(27)39(41,42)43)47(37-45-34(35(40)52-37)28-16-13-20-44-24-28)38(50)51-26-32-29(15-12-17-31(32)36(48)49)25-46(21-5-2)22-6-3/h12-13,15-20,23-24H,4-11,14,21-22,25-26H2,1-3H3,(H,48,49). The number of nitrogens with zero attached hydrogens (tertiary/aromatic N) is 4. The number of alkyl halides is 3. The number of halogens is 4. The van der Waals surface area contributed by atoms with E-state index in [9.17, 15) is 27.9 Å². The van der Waals surface area contributed by atoms with Crippen molar-refractivity contribution < 1.29 is 37.0 Å². The molecule has 280 valence electrons. The Hall–Kier alpha value is -4.36. The first kappa shape index (κ1) is 40.4. The van der Waals surface area contributed by atoms with E-state index in [0.29, 0.717) is 35.4 Å². The Morgan fingerprint density at radius 3 is 2.29 bits per heavy atom. The number of carbonyl (C=O) groups is 2. The number of pyridine rings is 1. The molecule has 2 aromatic carbocycles. The second kappa shape index (κ2) is 19.5. The predicted octanol–water partition coefficient (Wildman–Crippen LogP) is 11.1. The van der Waals surface area contributed by atoms with Gasteiger partial charge in [-0.25, -0.2) is 19.5 Å². The largest absolute Gasteiger partial charge is 0.478 e. The zero-order valence-electron chi connectivity index (χ0n) is 29.8. The average molecular weight is 743 g/mol. The van der Waals surface area contributed by atoms with E-state index in [2.05, 4.69) is 21.8 Å². The fourth-order valence-electron chi connectivity index (χ4n) is 6.14. The maximum atomic E-state index is 15.4. The number of aryl methyl sites for hydroxylation is 1. The van der Waals surface area contributed by atoms with Gasteiger partial charge in [-0.1, -0.05) is 82.4 Å². The molecule has 0 aliphatic carbocycles. The van der Waals surface area contributed by atoms with E-state index >= 15 is 4.39 Å². The highest BCUT2D eigenvalue weighted by molar-refractivity contribution is 7.14. The Morgan fingerprint density at radius 1 is 0.904 bits per heavy atom. The first-order valence-corrected chi connectivity index (χ1v) is 18.6. The molecule has 4 aromatic rings. The molecular weight excluding hydrogens is 697 g/mol. The molecule has 0 bridgehead atoms. The van der Waals surface area contributed by atoms with Gasteiger partial charge < -0.3 is 9.84 Å². The number of carbonyl (C=O) groups excluding carboxylic acids is 1. The molecule has 1 amide bonds. The molecule has 0 aliphatic heterocycles. The highest BCUT2D eigenvalue weighted by Gasteiger charge is 2.35. The highest BCUT2D eigenvalue weighted by atomic mass is 32.1. The van der Waals surface area contributed by atoms with Crippen molar-refractivity contribution in [3.63, 3.8) is 0 Å². The summed E-state index contributed by atoms with van der Waals surface area (Å²) in [4.78, 5) is 37.6. The number of thiazole rings is 1. The SMILES string of the molecule is CCCCCCCCc1ccc(N(C(=O)OCc2c(CN(CCC)CCC)cccc2C(=O)O)c2nc(-c3cccnc3)c(F)s2)cc1C(F)(F)F. The van der Waals surface area contributed by atoms with Gasteiger partial charge in [0.1, 0.15) is 12.3 Å². The maximum Gasteiger partial charge on any atom is 0.421 e. The molecule has 0 aliphatic rings. The molecule has 2 heterocycles. The molecule has 0 saturated heterocycles. The second-order valence-corrected chi connectivity index (χ2v) is 13.6. The molecule has 4 rings (SSSR count). The van der Waals surface area contributed by atoms with Crippen LogP contribution in [0.5, 0.6) is 0 Å². The summed E-state index contributed by atoms with van der Waals surface area (Å²) in [5.41, 5.74) is -0.0408. The van der Waals surface area contributed by atoms with Crippen LogP contribution in [0.1, 0.15) is 105 Å². The first-order chi connectivity index (χ1) is 25.0. The molecule has 13 heteroatoms. The molecule has 52 heavy (non-hydrogen) atoms. The van der Waals surface area contributed by atoms with Crippen molar-refractivity contribution in [2.24, 2.45) is 0 Å². The van der Waals surface area contributed by atoms with Gasteiger partial charge in [-0.15, -0.1) is 0 Å². The molecular formula is C39H46F4N4O4S. The lowest BCUT2D eigenvalue weighted by Gasteiger charge is -2.24. The summed E-state index contributed by atoms with van der Waals surface area (Å²) in [6.07, 6.45) is 4.41. The summed E-state index contributed by atoms with van der Waals surface area (Å²) < 4.78 is 64.7. The van der Waals surface area contributed by atoms with Gasteiger partial charge in [-0.2, -0.15) is 17.6 Å². The number of rotatable bonds is 19. The van der Waals surface area contributed by atoms with Crippen molar-refractivity contribution in [1.82, 2.24) is 14.9 Å². The Morgan fingerprint density at radius 2 is 1.63 bits per heavy atom. The van der Waals surface area contributed by atoms with Gasteiger partial charge in [-0.3, -0.25) is 9.88 Å². The van der Waals surface area contributed by atoms with E-state index in [-0.39, 0.29) is 39.6 Å². The van der Waals surface area contributed by atoms with E-state index in [1.165, 1.54) is 30.6 Å². The van der Waals surface area contributed by atoms with Crippen molar-refractivity contribution in [3.8, 4) is 11.3 Å². The maximum absolute atomic E-state index is 15.4. The van der Waals surface area contributed by atoms with E-state index in [4.69, 9.17) is 4.74 Å². The number of unbranched alkanes of at least 4 members (excludes halogenated alkanes) is 5. The summed E-state index contributed by atoms with van der Waals surface area (Å²) in [7, 11) is 0. The number of amides is 1.